The van der Waals surface area contributed by atoms with E-state index in [1.54, 1.807) is 11.3 Å². The summed E-state index contributed by atoms with van der Waals surface area (Å²) >= 11 is 0. The van der Waals surface area contributed by atoms with Crippen LogP contribution in [-0.4, -0.2) is 44.4 Å². The Kier molecular flexibility index (Phi) is 4.26. The Morgan fingerprint density at radius 2 is 2.05 bits per heavy atom. The molecule has 0 radical (unpaired) electrons. The molecular formula is C15H19N3O3. The average Bonchev–Trinajstić information content (AvgIpc) is 2.74. The number of carboxylic acid groups (broad SMARTS) is 1. The summed E-state index contributed by atoms with van der Waals surface area (Å²) in [5.74, 6) is -1.10. The number of hydrogen-bond acceptors (Lipinski definition) is 3. The van der Waals surface area contributed by atoms with Crippen LogP contribution >= 0.6 is 0 Å². The Morgan fingerprint density at radius 3 is 2.67 bits per heavy atom. The lowest BCUT2D eigenvalue weighted by Gasteiger charge is -2.20. The fourth-order valence-corrected chi connectivity index (χ4v) is 2.31. The first-order chi connectivity index (χ1) is 9.93. The molecule has 112 valence electrons. The second-order valence-corrected chi connectivity index (χ2v) is 5.01. The molecule has 0 aliphatic carbocycles. The van der Waals surface area contributed by atoms with Crippen LogP contribution in [0, 0.1) is 13.8 Å². The maximum Gasteiger partial charge on any atom is 0.305 e. The Labute approximate surface area is 123 Å². The topological polar surface area (TPSA) is 74.9 Å². The molecule has 0 aliphatic heterocycles. The van der Waals surface area contributed by atoms with Crippen LogP contribution in [-0.2, 0) is 4.79 Å². The van der Waals surface area contributed by atoms with E-state index in [-0.39, 0.29) is 18.9 Å². The van der Waals surface area contributed by atoms with Gasteiger partial charge in [-0.1, -0.05) is 6.07 Å². The highest BCUT2D eigenvalue weighted by Crippen LogP contribution is 2.15. The summed E-state index contributed by atoms with van der Waals surface area (Å²) in [4.78, 5) is 29.3. The minimum Gasteiger partial charge on any atom is -0.481 e. The van der Waals surface area contributed by atoms with Crippen LogP contribution in [0.1, 0.15) is 35.1 Å². The maximum absolute atomic E-state index is 12.7. The van der Waals surface area contributed by atoms with Gasteiger partial charge in [0, 0.05) is 19.3 Å². The molecule has 0 fully saturated rings. The average molecular weight is 289 g/mol. The number of aliphatic carboxylic acids is 1. The minimum absolute atomic E-state index is 0.0611. The van der Waals surface area contributed by atoms with Gasteiger partial charge < -0.3 is 10.0 Å². The van der Waals surface area contributed by atoms with Crippen molar-refractivity contribution in [3.05, 3.63) is 35.3 Å². The Balaban J connectivity index is 2.39. The highest BCUT2D eigenvalue weighted by Gasteiger charge is 2.22. The van der Waals surface area contributed by atoms with Crippen molar-refractivity contribution in [1.29, 1.82) is 0 Å². The van der Waals surface area contributed by atoms with Crippen molar-refractivity contribution in [2.75, 3.05) is 13.1 Å². The summed E-state index contributed by atoms with van der Waals surface area (Å²) in [6.45, 7) is 6.24. The van der Waals surface area contributed by atoms with Crippen LogP contribution in [0.25, 0.3) is 5.65 Å². The lowest BCUT2D eigenvalue weighted by atomic mass is 10.2. The predicted octanol–water partition coefficient (Wildman–Crippen LogP) is 1.89. The summed E-state index contributed by atoms with van der Waals surface area (Å²) in [6.07, 6.45) is 1.81. The Morgan fingerprint density at radius 1 is 1.33 bits per heavy atom. The molecule has 2 aromatic rings. The first-order valence-electron chi connectivity index (χ1n) is 6.90. The van der Waals surface area contributed by atoms with Crippen LogP contribution in [0.5, 0.6) is 0 Å². The van der Waals surface area contributed by atoms with Gasteiger partial charge in [0.15, 0.2) is 0 Å². The zero-order valence-electron chi connectivity index (χ0n) is 12.5. The lowest BCUT2D eigenvalue weighted by Crippen LogP contribution is -2.34. The largest absolute Gasteiger partial charge is 0.481 e. The van der Waals surface area contributed by atoms with Gasteiger partial charge in [0.25, 0.3) is 5.91 Å². The van der Waals surface area contributed by atoms with E-state index in [1.165, 1.54) is 4.90 Å². The molecule has 1 amide bonds. The minimum atomic E-state index is -0.910. The second-order valence-electron chi connectivity index (χ2n) is 5.01. The Bertz CT molecular complexity index is 691. The van der Waals surface area contributed by atoms with Crippen LogP contribution in [0.4, 0.5) is 0 Å². The van der Waals surface area contributed by atoms with Crippen molar-refractivity contribution in [3.8, 4) is 0 Å². The number of nitrogens with zero attached hydrogens (tertiary/aromatic N) is 3. The zero-order chi connectivity index (χ0) is 15.6. The quantitative estimate of drug-likeness (QED) is 0.912. The third kappa shape index (κ3) is 3.04. The van der Waals surface area contributed by atoms with Gasteiger partial charge in [0.1, 0.15) is 11.3 Å². The van der Waals surface area contributed by atoms with Gasteiger partial charge in [0.2, 0.25) is 0 Å². The van der Waals surface area contributed by atoms with Crippen LogP contribution < -0.4 is 0 Å². The van der Waals surface area contributed by atoms with E-state index in [2.05, 4.69) is 4.98 Å². The molecule has 0 saturated heterocycles. The summed E-state index contributed by atoms with van der Waals surface area (Å²) in [6, 6.07) is 3.81. The molecule has 2 aromatic heterocycles. The molecule has 0 aliphatic rings. The van der Waals surface area contributed by atoms with E-state index in [4.69, 9.17) is 5.11 Å². The number of aromatic nitrogens is 2. The smallest absolute Gasteiger partial charge is 0.305 e. The molecule has 0 unspecified atom stereocenters. The van der Waals surface area contributed by atoms with Crippen LogP contribution in [0.15, 0.2) is 18.3 Å². The highest BCUT2D eigenvalue weighted by molar-refractivity contribution is 5.94. The van der Waals surface area contributed by atoms with Gasteiger partial charge in [-0.2, -0.15) is 0 Å². The molecule has 6 nitrogen and oxygen atoms in total. The molecule has 2 rings (SSSR count). The number of hydrogen-bond donors (Lipinski definition) is 1. The number of aryl methyl sites for hydroxylation is 2. The van der Waals surface area contributed by atoms with Crippen molar-refractivity contribution >= 4 is 17.5 Å². The highest BCUT2D eigenvalue weighted by atomic mass is 16.4. The SMILES string of the molecule is CCN(CCC(=O)O)C(=O)c1c(C)nc2ccc(C)cn12. The van der Waals surface area contributed by atoms with Crippen molar-refractivity contribution in [1.82, 2.24) is 14.3 Å². The number of carboxylic acids is 1. The number of amides is 1. The molecule has 0 saturated carbocycles. The van der Waals surface area contributed by atoms with E-state index < -0.39 is 5.97 Å². The fraction of sp³-hybridized carbons (Fsp3) is 0.400. The molecule has 0 aromatic carbocycles. The molecule has 21 heavy (non-hydrogen) atoms. The predicted molar refractivity (Wildman–Crippen MR) is 78.5 cm³/mol. The third-order valence-corrected chi connectivity index (χ3v) is 3.41. The molecule has 1 N–H and O–H groups in total. The van der Waals surface area contributed by atoms with Gasteiger partial charge in [-0.3, -0.25) is 14.0 Å². The van der Waals surface area contributed by atoms with E-state index in [9.17, 15) is 9.59 Å². The molecule has 0 spiro atoms. The monoisotopic (exact) mass is 289 g/mol. The maximum atomic E-state index is 12.7. The van der Waals surface area contributed by atoms with Gasteiger partial charge in [0.05, 0.1) is 12.1 Å². The van der Waals surface area contributed by atoms with Crippen LogP contribution in [0.2, 0.25) is 0 Å². The van der Waals surface area contributed by atoms with Crippen molar-refractivity contribution < 1.29 is 14.7 Å². The number of imidazole rings is 1. The third-order valence-electron chi connectivity index (χ3n) is 3.41. The van der Waals surface area contributed by atoms with Crippen molar-refractivity contribution in [3.63, 3.8) is 0 Å². The van der Waals surface area contributed by atoms with Crippen molar-refractivity contribution in [2.24, 2.45) is 0 Å². The normalized spacial score (nSPS) is 10.8. The molecule has 0 atom stereocenters. The molecule has 2 heterocycles. The Hall–Kier alpha value is -2.37. The summed E-state index contributed by atoms with van der Waals surface area (Å²) in [5.41, 5.74) is 2.90. The van der Waals surface area contributed by atoms with Gasteiger partial charge in [-0.15, -0.1) is 0 Å². The van der Waals surface area contributed by atoms with Gasteiger partial charge in [-0.25, -0.2) is 4.98 Å². The number of pyridine rings is 1. The van der Waals surface area contributed by atoms with Crippen molar-refractivity contribution in [2.45, 2.75) is 27.2 Å². The summed E-state index contributed by atoms with van der Waals surface area (Å²) in [7, 11) is 0. The van der Waals surface area contributed by atoms with E-state index >= 15 is 0 Å². The van der Waals surface area contributed by atoms with E-state index in [1.807, 2.05) is 32.2 Å². The molecule has 0 bridgehead atoms. The van der Waals surface area contributed by atoms with Gasteiger partial charge >= 0.3 is 5.97 Å². The second kappa shape index (κ2) is 5.95. The summed E-state index contributed by atoms with van der Waals surface area (Å²) < 4.78 is 1.77. The lowest BCUT2D eigenvalue weighted by molar-refractivity contribution is -0.137. The summed E-state index contributed by atoms with van der Waals surface area (Å²) in [5, 5.41) is 8.78. The van der Waals surface area contributed by atoms with E-state index in [0.29, 0.717) is 17.9 Å². The number of carbonyl (C=O) groups is 2. The van der Waals surface area contributed by atoms with Crippen LogP contribution in [0.3, 0.4) is 0 Å². The first kappa shape index (κ1) is 15.0. The molecular weight excluding hydrogens is 270 g/mol. The fourth-order valence-electron chi connectivity index (χ4n) is 2.31. The number of rotatable bonds is 5. The molecule has 6 heteroatoms. The number of carbonyl (C=O) groups excluding carboxylic acids is 1. The number of fused-ring (bicyclic) bond motifs is 1. The van der Waals surface area contributed by atoms with Gasteiger partial charge in [-0.05, 0) is 32.4 Å². The zero-order valence-corrected chi connectivity index (χ0v) is 12.5. The first-order valence-corrected chi connectivity index (χ1v) is 6.90. The van der Waals surface area contributed by atoms with E-state index in [0.717, 1.165) is 11.2 Å². The standard InChI is InChI=1S/C15H19N3O3/c1-4-17(8-7-13(19)20)15(21)14-11(3)16-12-6-5-10(2)9-18(12)14/h5-6,9H,4,7-8H2,1-3H3,(H,19,20).